The normalized spacial score (nSPS) is 14.8. The van der Waals surface area contributed by atoms with Crippen molar-refractivity contribution in [1.29, 1.82) is 0 Å². The highest BCUT2D eigenvalue weighted by molar-refractivity contribution is 6.59. The van der Waals surface area contributed by atoms with E-state index >= 15 is 0 Å². The third kappa shape index (κ3) is 1.60. The molecule has 20 heavy (non-hydrogen) atoms. The monoisotopic (exact) mass is 266 g/mol. The van der Waals surface area contributed by atoms with Crippen LogP contribution >= 0.6 is 0 Å². The second-order valence-corrected chi connectivity index (χ2v) is 5.48. The molecule has 102 valence electrons. The Morgan fingerprint density at radius 3 is 2.20 bits per heavy atom. The van der Waals surface area contributed by atoms with Crippen molar-refractivity contribution in [3.05, 3.63) is 53.6 Å². The van der Waals surface area contributed by atoms with Crippen molar-refractivity contribution in [1.82, 2.24) is 0 Å². The van der Waals surface area contributed by atoms with E-state index in [1.54, 1.807) is 0 Å². The summed E-state index contributed by atoms with van der Waals surface area (Å²) in [5, 5.41) is 19.5. The fourth-order valence-corrected chi connectivity index (χ4v) is 3.80. The number of hydrogen-bond donors (Lipinski definition) is 2. The highest BCUT2D eigenvalue weighted by Gasteiger charge is 2.43. The van der Waals surface area contributed by atoms with Crippen molar-refractivity contribution in [3.63, 3.8) is 0 Å². The molecule has 0 fully saturated rings. The molecule has 0 saturated heterocycles. The van der Waals surface area contributed by atoms with Gasteiger partial charge in [-0.2, -0.15) is 0 Å². The van der Waals surface area contributed by atoms with Crippen LogP contribution in [0.15, 0.2) is 42.5 Å². The summed E-state index contributed by atoms with van der Waals surface area (Å²) in [6, 6.07) is 14.3. The lowest BCUT2D eigenvalue weighted by Gasteiger charge is -2.31. The van der Waals surface area contributed by atoms with Gasteiger partial charge in [-0.15, -0.1) is 0 Å². The predicted molar refractivity (Wildman–Crippen MR) is 83.1 cm³/mol. The molecule has 0 radical (unpaired) electrons. The molecule has 3 rings (SSSR count). The molecule has 0 spiro atoms. The Morgan fingerprint density at radius 2 is 1.55 bits per heavy atom. The lowest BCUT2D eigenvalue weighted by atomic mass is 9.65. The lowest BCUT2D eigenvalue weighted by molar-refractivity contribution is 0.422. The Hall–Kier alpha value is -1.58. The smallest absolute Gasteiger partial charge is 0.423 e. The number of fused-ring (bicyclic) bond motifs is 3. The second-order valence-electron chi connectivity index (χ2n) is 5.48. The summed E-state index contributed by atoms with van der Waals surface area (Å²) in [6.07, 6.45) is 1.91. The summed E-state index contributed by atoms with van der Waals surface area (Å²) < 4.78 is 0. The molecule has 1 aliphatic carbocycles. The van der Waals surface area contributed by atoms with E-state index in [1.165, 1.54) is 11.1 Å². The van der Waals surface area contributed by atoms with Crippen LogP contribution in [-0.2, 0) is 5.41 Å². The van der Waals surface area contributed by atoms with E-state index in [9.17, 15) is 10.0 Å². The molecular weight excluding hydrogens is 247 g/mol. The average Bonchev–Trinajstić information content (AvgIpc) is 2.78. The topological polar surface area (TPSA) is 40.5 Å². The molecule has 0 aromatic heterocycles. The number of benzene rings is 2. The molecule has 0 atom stereocenters. The van der Waals surface area contributed by atoms with Gasteiger partial charge in [0.2, 0.25) is 0 Å². The Balaban J connectivity index is 2.40. The van der Waals surface area contributed by atoms with Gasteiger partial charge in [0.25, 0.3) is 0 Å². The van der Waals surface area contributed by atoms with Crippen molar-refractivity contribution in [2.45, 2.75) is 32.1 Å². The third-order valence-electron chi connectivity index (χ3n) is 4.79. The molecule has 2 aromatic rings. The molecule has 1 aliphatic rings. The molecule has 0 amide bonds. The molecule has 2 nitrogen and oxygen atoms in total. The van der Waals surface area contributed by atoms with Crippen molar-refractivity contribution in [2.24, 2.45) is 0 Å². The van der Waals surface area contributed by atoms with Crippen molar-refractivity contribution >= 4 is 12.6 Å². The minimum atomic E-state index is -1.42. The van der Waals surface area contributed by atoms with Crippen LogP contribution in [0.3, 0.4) is 0 Å². The highest BCUT2D eigenvalue weighted by atomic mass is 16.4. The van der Waals surface area contributed by atoms with Crippen molar-refractivity contribution in [3.8, 4) is 11.1 Å². The first-order valence-electron chi connectivity index (χ1n) is 7.25. The Bertz CT molecular complexity index is 645. The second kappa shape index (κ2) is 4.76. The van der Waals surface area contributed by atoms with E-state index in [1.807, 2.05) is 18.2 Å². The summed E-state index contributed by atoms with van der Waals surface area (Å²) in [4.78, 5) is 0. The summed E-state index contributed by atoms with van der Waals surface area (Å²) in [5.41, 5.74) is 5.33. The number of rotatable bonds is 3. The van der Waals surface area contributed by atoms with E-state index in [-0.39, 0.29) is 5.41 Å². The first kappa shape index (κ1) is 13.4. The van der Waals surface area contributed by atoms with Gasteiger partial charge in [-0.1, -0.05) is 56.3 Å². The molecule has 0 unspecified atom stereocenters. The molecule has 0 saturated carbocycles. The Kier molecular flexibility index (Phi) is 3.19. The maximum absolute atomic E-state index is 9.75. The molecule has 3 heteroatoms. The lowest BCUT2D eigenvalue weighted by Crippen LogP contribution is -2.39. The molecule has 2 N–H and O–H groups in total. The fourth-order valence-electron chi connectivity index (χ4n) is 3.80. The molecular formula is C17H19BO2. The highest BCUT2D eigenvalue weighted by Crippen LogP contribution is 2.51. The van der Waals surface area contributed by atoms with Gasteiger partial charge < -0.3 is 10.0 Å². The van der Waals surface area contributed by atoms with E-state index < -0.39 is 7.12 Å². The van der Waals surface area contributed by atoms with Gasteiger partial charge in [0.15, 0.2) is 0 Å². The molecule has 0 heterocycles. The van der Waals surface area contributed by atoms with Gasteiger partial charge in [0.1, 0.15) is 0 Å². The quantitative estimate of drug-likeness (QED) is 0.838. The van der Waals surface area contributed by atoms with Crippen LogP contribution in [0.4, 0.5) is 0 Å². The van der Waals surface area contributed by atoms with Crippen LogP contribution in [-0.4, -0.2) is 17.2 Å². The van der Waals surface area contributed by atoms with Crippen LogP contribution in [0.1, 0.15) is 37.8 Å². The third-order valence-corrected chi connectivity index (χ3v) is 4.79. The van der Waals surface area contributed by atoms with Crippen molar-refractivity contribution in [2.75, 3.05) is 0 Å². The average molecular weight is 266 g/mol. The van der Waals surface area contributed by atoms with Crippen LogP contribution < -0.4 is 5.46 Å². The maximum atomic E-state index is 9.75. The fraction of sp³-hybridized carbons (Fsp3) is 0.294. The maximum Gasteiger partial charge on any atom is 0.488 e. The van der Waals surface area contributed by atoms with Gasteiger partial charge in [-0.25, -0.2) is 0 Å². The Labute approximate surface area is 120 Å². The zero-order valence-electron chi connectivity index (χ0n) is 11.9. The first-order chi connectivity index (χ1) is 9.65. The van der Waals surface area contributed by atoms with Gasteiger partial charge in [-0.3, -0.25) is 0 Å². The summed E-state index contributed by atoms with van der Waals surface area (Å²) in [7, 11) is -1.42. The summed E-state index contributed by atoms with van der Waals surface area (Å²) in [6.45, 7) is 4.35. The molecule has 0 aliphatic heterocycles. The SMILES string of the molecule is CCC1(CC)c2ccccc2-c2cccc(B(O)O)c21. The van der Waals surface area contributed by atoms with E-state index in [4.69, 9.17) is 0 Å². The molecule has 2 aromatic carbocycles. The largest absolute Gasteiger partial charge is 0.488 e. The van der Waals surface area contributed by atoms with Gasteiger partial charge >= 0.3 is 7.12 Å². The van der Waals surface area contributed by atoms with Gasteiger partial charge in [0.05, 0.1) is 0 Å². The summed E-state index contributed by atoms with van der Waals surface area (Å²) in [5.74, 6) is 0. The predicted octanol–water partition coefficient (Wildman–Crippen LogP) is 2.45. The van der Waals surface area contributed by atoms with Gasteiger partial charge in [0, 0.05) is 5.41 Å². The standard InChI is InChI=1S/C17H19BO2/c1-3-17(4-2)14-10-6-5-8-12(14)13-9-7-11-15(16(13)17)18(19)20/h5-11,19-20H,3-4H2,1-2H3. The first-order valence-corrected chi connectivity index (χ1v) is 7.25. The van der Waals surface area contributed by atoms with Crippen LogP contribution in [0, 0.1) is 0 Å². The minimum Gasteiger partial charge on any atom is -0.423 e. The Morgan fingerprint density at radius 1 is 0.900 bits per heavy atom. The van der Waals surface area contributed by atoms with E-state index in [0.29, 0.717) is 5.46 Å². The minimum absolute atomic E-state index is 0.105. The van der Waals surface area contributed by atoms with Crippen LogP contribution in [0.25, 0.3) is 11.1 Å². The zero-order valence-corrected chi connectivity index (χ0v) is 11.9. The van der Waals surface area contributed by atoms with E-state index in [0.717, 1.165) is 24.0 Å². The zero-order chi connectivity index (χ0) is 14.3. The van der Waals surface area contributed by atoms with Gasteiger partial charge in [-0.05, 0) is 40.6 Å². The number of hydrogen-bond acceptors (Lipinski definition) is 2. The molecule has 0 bridgehead atoms. The van der Waals surface area contributed by atoms with E-state index in [2.05, 4.69) is 38.1 Å². The summed E-state index contributed by atoms with van der Waals surface area (Å²) >= 11 is 0. The van der Waals surface area contributed by atoms with Crippen LogP contribution in [0.2, 0.25) is 0 Å². The van der Waals surface area contributed by atoms with Crippen molar-refractivity contribution < 1.29 is 10.0 Å². The van der Waals surface area contributed by atoms with Crippen LogP contribution in [0.5, 0.6) is 0 Å².